The van der Waals surface area contributed by atoms with Crippen molar-refractivity contribution >= 4 is 6.09 Å². The van der Waals surface area contributed by atoms with Gasteiger partial charge in [0.2, 0.25) is 0 Å². The maximum Gasteiger partial charge on any atom is 0.412 e. The highest BCUT2D eigenvalue weighted by Gasteiger charge is 2.31. The van der Waals surface area contributed by atoms with E-state index < -0.39 is 0 Å². The molecule has 4 nitrogen and oxygen atoms in total. The van der Waals surface area contributed by atoms with Gasteiger partial charge in [0.15, 0.2) is 0 Å². The summed E-state index contributed by atoms with van der Waals surface area (Å²) in [6.07, 6.45) is 1.69. The van der Waals surface area contributed by atoms with Crippen molar-refractivity contribution in [2.75, 3.05) is 13.2 Å². The van der Waals surface area contributed by atoms with E-state index in [0.717, 1.165) is 12.8 Å². The topological polar surface area (TPSA) is 38.8 Å². The second-order valence-electron chi connectivity index (χ2n) is 3.67. The molecule has 0 aromatic carbocycles. The van der Waals surface area contributed by atoms with Gasteiger partial charge in [0.25, 0.3) is 0 Å². The van der Waals surface area contributed by atoms with Gasteiger partial charge < -0.3 is 9.47 Å². The first-order valence-electron chi connectivity index (χ1n) is 5.24. The Morgan fingerprint density at radius 1 is 1.71 bits per heavy atom. The summed E-state index contributed by atoms with van der Waals surface area (Å²) in [5, 5.41) is 0. The summed E-state index contributed by atoms with van der Waals surface area (Å²) in [6.45, 7) is 7.22. The molecule has 0 spiro atoms. The molecule has 4 heteroatoms. The van der Waals surface area contributed by atoms with Gasteiger partial charge in [-0.3, -0.25) is 4.90 Å². The number of ether oxygens (including phenoxy) is 2. The van der Waals surface area contributed by atoms with E-state index in [-0.39, 0.29) is 18.4 Å². The fourth-order valence-corrected chi connectivity index (χ4v) is 1.41. The number of hydrogen-bond donors (Lipinski definition) is 0. The van der Waals surface area contributed by atoms with Crippen LogP contribution in [0.5, 0.6) is 0 Å². The van der Waals surface area contributed by atoms with Crippen molar-refractivity contribution in [2.45, 2.75) is 45.9 Å². The van der Waals surface area contributed by atoms with Gasteiger partial charge in [-0.05, 0) is 20.3 Å². The maximum atomic E-state index is 11.3. The predicted octanol–water partition coefficient (Wildman–Crippen LogP) is 1.99. The molecule has 1 heterocycles. The van der Waals surface area contributed by atoms with E-state index in [2.05, 4.69) is 6.92 Å². The number of hydrogen-bond acceptors (Lipinski definition) is 3. The Morgan fingerprint density at radius 3 is 2.93 bits per heavy atom. The minimum Gasteiger partial charge on any atom is -0.444 e. The standard InChI is InChI=1S/C10H19NO3/c1-4-5-6-13-9(3)11-7-8(2)14-10(11)12/h8-9H,4-7H2,1-3H3. The lowest BCUT2D eigenvalue weighted by molar-refractivity contribution is -0.0212. The first kappa shape index (κ1) is 11.3. The lowest BCUT2D eigenvalue weighted by Gasteiger charge is -2.21. The van der Waals surface area contributed by atoms with Crippen molar-refractivity contribution in [3.63, 3.8) is 0 Å². The average Bonchev–Trinajstić information content (AvgIpc) is 2.45. The van der Waals surface area contributed by atoms with Gasteiger partial charge in [0.1, 0.15) is 12.3 Å². The van der Waals surface area contributed by atoms with Crippen molar-refractivity contribution in [3.8, 4) is 0 Å². The van der Waals surface area contributed by atoms with Crippen molar-refractivity contribution in [2.24, 2.45) is 0 Å². The van der Waals surface area contributed by atoms with E-state index in [4.69, 9.17) is 9.47 Å². The van der Waals surface area contributed by atoms with E-state index in [0.29, 0.717) is 13.2 Å². The summed E-state index contributed by atoms with van der Waals surface area (Å²) in [5.74, 6) is 0. The third-order valence-corrected chi connectivity index (χ3v) is 2.29. The highest BCUT2D eigenvalue weighted by Crippen LogP contribution is 2.14. The Morgan fingerprint density at radius 2 is 2.43 bits per heavy atom. The molecule has 1 amide bonds. The zero-order chi connectivity index (χ0) is 10.6. The van der Waals surface area contributed by atoms with E-state index in [1.165, 1.54) is 0 Å². The molecule has 0 N–H and O–H groups in total. The molecule has 2 unspecified atom stereocenters. The van der Waals surface area contributed by atoms with Gasteiger partial charge in [0, 0.05) is 6.61 Å². The van der Waals surface area contributed by atoms with Crippen molar-refractivity contribution < 1.29 is 14.3 Å². The summed E-state index contributed by atoms with van der Waals surface area (Å²) in [4.78, 5) is 12.9. The first-order chi connectivity index (χ1) is 6.65. The van der Waals surface area contributed by atoms with Crippen LogP contribution >= 0.6 is 0 Å². The fraction of sp³-hybridized carbons (Fsp3) is 0.900. The Balaban J connectivity index is 2.29. The van der Waals surface area contributed by atoms with Crippen LogP contribution in [-0.2, 0) is 9.47 Å². The lowest BCUT2D eigenvalue weighted by Crippen LogP contribution is -2.36. The third-order valence-electron chi connectivity index (χ3n) is 2.29. The molecule has 0 aromatic rings. The Labute approximate surface area is 85.2 Å². The number of carbonyl (C=O) groups excluding carboxylic acids is 1. The van der Waals surface area contributed by atoms with E-state index in [9.17, 15) is 4.79 Å². The van der Waals surface area contributed by atoms with Crippen molar-refractivity contribution in [1.82, 2.24) is 4.90 Å². The number of amides is 1. The van der Waals surface area contributed by atoms with E-state index >= 15 is 0 Å². The Kier molecular flexibility index (Phi) is 4.20. The molecule has 1 aliphatic heterocycles. The number of rotatable bonds is 5. The summed E-state index contributed by atoms with van der Waals surface area (Å²) in [6, 6.07) is 0. The molecule has 0 radical (unpaired) electrons. The molecule has 1 aliphatic rings. The number of nitrogens with zero attached hydrogens (tertiary/aromatic N) is 1. The predicted molar refractivity (Wildman–Crippen MR) is 53.0 cm³/mol. The molecule has 82 valence electrons. The number of cyclic esters (lactones) is 1. The zero-order valence-electron chi connectivity index (χ0n) is 9.16. The summed E-state index contributed by atoms with van der Waals surface area (Å²) < 4.78 is 10.5. The molecular weight excluding hydrogens is 182 g/mol. The van der Waals surface area contributed by atoms with Crippen LogP contribution in [0.25, 0.3) is 0 Å². The number of unbranched alkanes of at least 4 members (excludes halogenated alkanes) is 1. The second kappa shape index (κ2) is 5.20. The lowest BCUT2D eigenvalue weighted by atomic mass is 10.3. The van der Waals surface area contributed by atoms with Gasteiger partial charge in [0.05, 0.1) is 6.54 Å². The SMILES string of the molecule is CCCCOC(C)N1CC(C)OC1=O. The fourth-order valence-electron chi connectivity index (χ4n) is 1.41. The Bertz CT molecular complexity index is 196. The van der Waals surface area contributed by atoms with Crippen LogP contribution in [0, 0.1) is 0 Å². The van der Waals surface area contributed by atoms with Crippen LogP contribution in [0.2, 0.25) is 0 Å². The van der Waals surface area contributed by atoms with Crippen LogP contribution in [0.15, 0.2) is 0 Å². The number of carbonyl (C=O) groups is 1. The molecule has 0 aromatic heterocycles. The molecule has 1 rings (SSSR count). The quantitative estimate of drug-likeness (QED) is 0.638. The van der Waals surface area contributed by atoms with E-state index in [1.807, 2.05) is 13.8 Å². The summed E-state index contributed by atoms with van der Waals surface area (Å²) in [5.41, 5.74) is 0. The third kappa shape index (κ3) is 2.87. The molecule has 2 atom stereocenters. The molecule has 1 saturated heterocycles. The van der Waals surface area contributed by atoms with Crippen LogP contribution in [0.3, 0.4) is 0 Å². The largest absolute Gasteiger partial charge is 0.444 e. The van der Waals surface area contributed by atoms with Gasteiger partial charge in [-0.1, -0.05) is 13.3 Å². The molecule has 0 saturated carbocycles. The van der Waals surface area contributed by atoms with Crippen molar-refractivity contribution in [1.29, 1.82) is 0 Å². The summed E-state index contributed by atoms with van der Waals surface area (Å²) >= 11 is 0. The van der Waals surface area contributed by atoms with Crippen LogP contribution < -0.4 is 0 Å². The minimum absolute atomic E-state index is 0.0141. The molecular formula is C10H19NO3. The van der Waals surface area contributed by atoms with Gasteiger partial charge in [-0.15, -0.1) is 0 Å². The molecule has 14 heavy (non-hydrogen) atoms. The maximum absolute atomic E-state index is 11.3. The second-order valence-corrected chi connectivity index (χ2v) is 3.67. The van der Waals surface area contributed by atoms with Crippen LogP contribution in [-0.4, -0.2) is 36.5 Å². The van der Waals surface area contributed by atoms with Gasteiger partial charge in [-0.2, -0.15) is 0 Å². The minimum atomic E-state index is -0.263. The smallest absolute Gasteiger partial charge is 0.412 e. The summed E-state index contributed by atoms with van der Waals surface area (Å²) in [7, 11) is 0. The molecule has 0 bridgehead atoms. The monoisotopic (exact) mass is 201 g/mol. The highest BCUT2D eigenvalue weighted by atomic mass is 16.6. The normalized spacial score (nSPS) is 23.8. The zero-order valence-corrected chi connectivity index (χ0v) is 9.16. The molecule has 0 aliphatic carbocycles. The highest BCUT2D eigenvalue weighted by molar-refractivity contribution is 5.69. The van der Waals surface area contributed by atoms with Crippen LogP contribution in [0.4, 0.5) is 4.79 Å². The van der Waals surface area contributed by atoms with Crippen LogP contribution in [0.1, 0.15) is 33.6 Å². The van der Waals surface area contributed by atoms with Gasteiger partial charge >= 0.3 is 6.09 Å². The molecule has 1 fully saturated rings. The first-order valence-corrected chi connectivity index (χ1v) is 5.24. The van der Waals surface area contributed by atoms with E-state index in [1.54, 1.807) is 4.90 Å². The Hall–Kier alpha value is -0.770. The van der Waals surface area contributed by atoms with Gasteiger partial charge in [-0.25, -0.2) is 4.79 Å². The van der Waals surface area contributed by atoms with Crippen molar-refractivity contribution in [3.05, 3.63) is 0 Å². The average molecular weight is 201 g/mol.